The summed E-state index contributed by atoms with van der Waals surface area (Å²) in [4.78, 5) is 0. The fourth-order valence-corrected chi connectivity index (χ4v) is 2.25. The molecular weight excluding hydrogens is 635 g/mol. The van der Waals surface area contributed by atoms with E-state index in [4.69, 9.17) is 4.55 Å². The molecule has 234 valence electrons. The first kappa shape index (κ1) is 39.2. The Kier molecular flexibility index (Phi) is 11.2. The van der Waals surface area contributed by atoms with Gasteiger partial charge >= 0.3 is 63.0 Å². The van der Waals surface area contributed by atoms with E-state index >= 15 is 0 Å². The summed E-state index contributed by atoms with van der Waals surface area (Å²) in [5.41, 5.74) is 0. The molecule has 0 radical (unpaired) electrons. The highest BCUT2D eigenvalue weighted by molar-refractivity contribution is 7.87. The van der Waals surface area contributed by atoms with Crippen LogP contribution in [-0.4, -0.2) is 78.9 Å². The van der Waals surface area contributed by atoms with Gasteiger partial charge in [-0.3, -0.25) is 4.55 Å². The van der Waals surface area contributed by atoms with E-state index in [0.717, 1.165) is 13.1 Å². The quantitative estimate of drug-likeness (QED) is 0.111. The molecular formula is C15H12F19NO3S. The van der Waals surface area contributed by atoms with E-state index in [9.17, 15) is 91.8 Å². The molecule has 0 aromatic carbocycles. The first-order chi connectivity index (χ1) is 16.7. The van der Waals surface area contributed by atoms with Crippen LogP contribution in [0, 0.1) is 0 Å². The van der Waals surface area contributed by atoms with Gasteiger partial charge in [-0.25, -0.2) is 0 Å². The van der Waals surface area contributed by atoms with Gasteiger partial charge < -0.3 is 5.32 Å². The third-order valence-corrected chi connectivity index (χ3v) is 4.89. The lowest BCUT2D eigenvalue weighted by molar-refractivity contribution is -0.466. The van der Waals surface area contributed by atoms with Crippen molar-refractivity contribution in [3.05, 3.63) is 25.3 Å². The molecule has 2 N–H and O–H groups in total. The van der Waals surface area contributed by atoms with Crippen molar-refractivity contribution in [3.63, 3.8) is 0 Å². The first-order valence-electron chi connectivity index (χ1n) is 8.65. The Morgan fingerprint density at radius 1 is 0.513 bits per heavy atom. The Labute approximate surface area is 204 Å². The summed E-state index contributed by atoms with van der Waals surface area (Å²) >= 11 is 0. The molecule has 39 heavy (non-hydrogen) atoms. The number of halogens is 19. The lowest BCUT2D eigenvalue weighted by Gasteiger charge is -2.43. The minimum Gasteiger partial charge on any atom is -0.310 e. The van der Waals surface area contributed by atoms with Crippen molar-refractivity contribution >= 4 is 10.1 Å². The topological polar surface area (TPSA) is 66.4 Å². The zero-order valence-electron chi connectivity index (χ0n) is 17.8. The maximum atomic E-state index is 13.2. The Balaban J connectivity index is 0. The molecule has 4 nitrogen and oxygen atoms in total. The van der Waals surface area contributed by atoms with Gasteiger partial charge in [0.05, 0.1) is 0 Å². The van der Waals surface area contributed by atoms with Crippen molar-refractivity contribution in [1.29, 1.82) is 0 Å². The SMILES string of the molecule is C=CCNCC=C.O=S(=O)(O)C(F)(F)C(F)(F)C(F)(F)C(F)(F)C(F)(F)C(F)(F)C(F)(F)C(F)(F)C(F)(F)F. The summed E-state index contributed by atoms with van der Waals surface area (Å²) in [6.07, 6.45) is -4.34. The van der Waals surface area contributed by atoms with Gasteiger partial charge in [0.15, 0.2) is 0 Å². The van der Waals surface area contributed by atoms with Crippen molar-refractivity contribution in [3.8, 4) is 0 Å². The van der Waals surface area contributed by atoms with E-state index in [-0.39, 0.29) is 0 Å². The Hall–Kier alpha value is -1.98. The first-order valence-corrected chi connectivity index (χ1v) is 10.1. The van der Waals surface area contributed by atoms with Crippen LogP contribution in [0.15, 0.2) is 25.3 Å². The molecule has 0 aliphatic heterocycles. The average Bonchev–Trinajstić information content (AvgIpc) is 2.71. The van der Waals surface area contributed by atoms with Gasteiger partial charge in [-0.2, -0.15) is 91.8 Å². The molecule has 0 bridgehead atoms. The molecule has 0 aromatic rings. The molecule has 24 heteroatoms. The predicted octanol–water partition coefficient (Wildman–Crippen LogP) is 6.42. The van der Waals surface area contributed by atoms with Gasteiger partial charge in [0.2, 0.25) is 0 Å². The molecule has 0 heterocycles. The van der Waals surface area contributed by atoms with Crippen LogP contribution in [0.25, 0.3) is 0 Å². The highest BCUT2D eigenvalue weighted by atomic mass is 32.2. The maximum Gasteiger partial charge on any atom is 0.460 e. The second-order valence-corrected chi connectivity index (χ2v) is 8.21. The summed E-state index contributed by atoms with van der Waals surface area (Å²) in [7, 11) is -8.00. The van der Waals surface area contributed by atoms with Crippen LogP contribution in [0.2, 0.25) is 0 Å². The van der Waals surface area contributed by atoms with Gasteiger partial charge in [0, 0.05) is 13.1 Å². The van der Waals surface area contributed by atoms with Crippen LogP contribution >= 0.6 is 0 Å². The van der Waals surface area contributed by atoms with E-state index in [2.05, 4.69) is 18.5 Å². The molecule has 0 fully saturated rings. The average molecular weight is 647 g/mol. The van der Waals surface area contributed by atoms with Gasteiger partial charge in [-0.05, 0) is 0 Å². The van der Waals surface area contributed by atoms with Crippen molar-refractivity contribution < 1.29 is 96.4 Å². The standard InChI is InChI=1S/C9HF19O3S.C6H11N/c10-1(11,2(12,13)4(16,17)6(20,21)8(24,25)26)3(14,15)5(18,19)7(22,23)9(27,28)32(29,30)31;1-3-5-7-6-4-2/h(H,29,30,31);3-4,7H,1-2,5-6H2. The fraction of sp³-hybridized carbons (Fsp3) is 0.733. The lowest BCUT2D eigenvalue weighted by atomic mass is 9.89. The molecule has 0 aromatic heterocycles. The van der Waals surface area contributed by atoms with E-state index in [1.54, 1.807) is 0 Å². The molecule has 0 atom stereocenters. The Bertz CT molecular complexity index is 963. The zero-order valence-corrected chi connectivity index (χ0v) is 18.7. The maximum absolute atomic E-state index is 13.2. The van der Waals surface area contributed by atoms with Crippen molar-refractivity contribution in [2.45, 2.75) is 52.9 Å². The largest absolute Gasteiger partial charge is 0.460 e. The third kappa shape index (κ3) is 6.05. The number of hydrogen-bond acceptors (Lipinski definition) is 3. The predicted molar refractivity (Wildman–Crippen MR) is 90.4 cm³/mol. The number of rotatable bonds is 12. The van der Waals surface area contributed by atoms with Crippen LogP contribution in [0.5, 0.6) is 0 Å². The van der Waals surface area contributed by atoms with Crippen LogP contribution in [0.1, 0.15) is 0 Å². The summed E-state index contributed by atoms with van der Waals surface area (Å²) in [5, 5.41) is -4.91. The minimum atomic E-state index is -9.15. The molecule has 0 amide bonds. The third-order valence-electron chi connectivity index (χ3n) is 3.99. The van der Waals surface area contributed by atoms with Crippen LogP contribution in [-0.2, 0) is 10.1 Å². The monoisotopic (exact) mass is 647 g/mol. The van der Waals surface area contributed by atoms with Gasteiger partial charge in [0.25, 0.3) is 0 Å². The van der Waals surface area contributed by atoms with Crippen molar-refractivity contribution in [2.24, 2.45) is 0 Å². The highest BCUT2D eigenvalue weighted by Crippen LogP contribution is 2.65. The van der Waals surface area contributed by atoms with Crippen molar-refractivity contribution in [2.75, 3.05) is 13.1 Å². The summed E-state index contributed by atoms with van der Waals surface area (Å²) in [5.74, 6) is -62.2. The minimum absolute atomic E-state index is 0.867. The Morgan fingerprint density at radius 2 is 0.744 bits per heavy atom. The van der Waals surface area contributed by atoms with Crippen molar-refractivity contribution in [1.82, 2.24) is 5.32 Å². The second-order valence-electron chi connectivity index (χ2n) is 6.75. The molecule has 0 saturated heterocycles. The van der Waals surface area contributed by atoms with E-state index < -0.39 is 63.0 Å². The highest BCUT2D eigenvalue weighted by Gasteiger charge is 2.97. The van der Waals surface area contributed by atoms with Gasteiger partial charge in [-0.15, -0.1) is 13.2 Å². The van der Waals surface area contributed by atoms with E-state index in [1.807, 2.05) is 12.2 Å². The molecule has 0 aliphatic carbocycles. The summed E-state index contributed by atoms with van der Waals surface area (Å²) < 4.78 is 270. The fourth-order valence-electron chi connectivity index (χ4n) is 1.80. The summed E-state index contributed by atoms with van der Waals surface area (Å²) in [6, 6.07) is 0. The Morgan fingerprint density at radius 3 is 0.949 bits per heavy atom. The number of hydrogen-bond donors (Lipinski definition) is 2. The second kappa shape index (κ2) is 11.1. The normalized spacial score (nSPS) is 15.4. The molecule has 0 saturated carbocycles. The van der Waals surface area contributed by atoms with E-state index in [0.29, 0.717) is 0 Å². The summed E-state index contributed by atoms with van der Waals surface area (Å²) in [6.45, 7) is 8.81. The van der Waals surface area contributed by atoms with Crippen LogP contribution < -0.4 is 5.32 Å². The molecule has 0 spiro atoms. The number of alkyl halides is 19. The molecule has 0 aliphatic rings. The van der Waals surface area contributed by atoms with Gasteiger partial charge in [0.1, 0.15) is 0 Å². The van der Waals surface area contributed by atoms with Gasteiger partial charge in [-0.1, -0.05) is 12.2 Å². The zero-order chi connectivity index (χ0) is 32.5. The van der Waals surface area contributed by atoms with E-state index in [1.165, 1.54) is 0 Å². The smallest absolute Gasteiger partial charge is 0.310 e. The van der Waals surface area contributed by atoms with Crippen LogP contribution in [0.3, 0.4) is 0 Å². The lowest BCUT2D eigenvalue weighted by Crippen LogP contribution is -2.76. The molecule has 0 rings (SSSR count). The number of nitrogens with one attached hydrogen (secondary N) is 1. The molecule has 0 unspecified atom stereocenters. The van der Waals surface area contributed by atoms with Crippen LogP contribution in [0.4, 0.5) is 83.4 Å².